The van der Waals surface area contributed by atoms with Crippen LogP contribution < -0.4 is 4.90 Å². The van der Waals surface area contributed by atoms with Crippen molar-refractivity contribution in [1.82, 2.24) is 4.98 Å². The van der Waals surface area contributed by atoms with Crippen LogP contribution in [0, 0.1) is 0 Å². The van der Waals surface area contributed by atoms with Crippen LogP contribution in [0.1, 0.15) is 0 Å². The molecule has 3 heteroatoms. The van der Waals surface area contributed by atoms with E-state index >= 15 is 0 Å². The van der Waals surface area contributed by atoms with E-state index in [1.165, 1.54) is 22.3 Å². The molecule has 0 radical (unpaired) electrons. The molecule has 48 heavy (non-hydrogen) atoms. The number of furan rings is 1. The Balaban J connectivity index is 1.16. The quantitative estimate of drug-likeness (QED) is 0.187. The van der Waals surface area contributed by atoms with Gasteiger partial charge in [-0.25, -0.2) is 4.98 Å². The summed E-state index contributed by atoms with van der Waals surface area (Å²) in [4.78, 5) is 7.35. The Kier molecular flexibility index (Phi) is 6.80. The maximum atomic E-state index is 6.48. The molecule has 0 fully saturated rings. The van der Waals surface area contributed by atoms with Crippen LogP contribution in [0.5, 0.6) is 0 Å². The van der Waals surface area contributed by atoms with Gasteiger partial charge < -0.3 is 9.32 Å². The number of hydrogen-bond acceptors (Lipinski definition) is 3. The molecule has 0 atom stereocenters. The molecule has 0 aliphatic heterocycles. The number of hydrogen-bond donors (Lipinski definition) is 0. The van der Waals surface area contributed by atoms with Crippen molar-refractivity contribution in [1.29, 1.82) is 0 Å². The van der Waals surface area contributed by atoms with Gasteiger partial charge in [-0.15, -0.1) is 0 Å². The Bertz CT molecular complexity index is 2440. The topological polar surface area (TPSA) is 29.3 Å². The molecule has 9 rings (SSSR count). The molecule has 0 unspecified atom stereocenters. The maximum Gasteiger partial charge on any atom is 0.162 e. The number of pyridine rings is 1. The van der Waals surface area contributed by atoms with Gasteiger partial charge in [0.2, 0.25) is 0 Å². The van der Waals surface area contributed by atoms with Gasteiger partial charge >= 0.3 is 0 Å². The van der Waals surface area contributed by atoms with Crippen molar-refractivity contribution >= 4 is 50.0 Å². The summed E-state index contributed by atoms with van der Waals surface area (Å²) >= 11 is 0. The monoisotopic (exact) mass is 614 g/mol. The highest BCUT2D eigenvalue weighted by Gasteiger charge is 2.19. The van der Waals surface area contributed by atoms with E-state index in [1.54, 1.807) is 0 Å². The molecule has 0 bridgehead atoms. The van der Waals surface area contributed by atoms with Gasteiger partial charge in [0.05, 0.1) is 5.52 Å². The molecule has 0 saturated heterocycles. The van der Waals surface area contributed by atoms with Crippen molar-refractivity contribution in [2.75, 3.05) is 4.90 Å². The van der Waals surface area contributed by atoms with Crippen LogP contribution in [-0.2, 0) is 0 Å². The van der Waals surface area contributed by atoms with Gasteiger partial charge in [0, 0.05) is 33.4 Å². The van der Waals surface area contributed by atoms with E-state index in [4.69, 9.17) is 9.40 Å². The summed E-state index contributed by atoms with van der Waals surface area (Å²) in [5.41, 5.74) is 13.7. The van der Waals surface area contributed by atoms with Crippen molar-refractivity contribution in [2.24, 2.45) is 0 Å². The Morgan fingerprint density at radius 2 is 0.812 bits per heavy atom. The van der Waals surface area contributed by atoms with Gasteiger partial charge in [0.25, 0.3) is 0 Å². The third-order valence-electron chi connectivity index (χ3n) is 9.08. The highest BCUT2D eigenvalue weighted by molar-refractivity contribution is 6.15. The second-order valence-corrected chi connectivity index (χ2v) is 12.0. The Morgan fingerprint density at radius 3 is 1.38 bits per heavy atom. The number of anilines is 3. The summed E-state index contributed by atoms with van der Waals surface area (Å²) in [6.07, 6.45) is 0. The van der Waals surface area contributed by atoms with E-state index in [0.717, 1.165) is 61.2 Å². The fourth-order valence-electron chi connectivity index (χ4n) is 6.72. The summed E-state index contributed by atoms with van der Waals surface area (Å²) < 4.78 is 6.48. The molecule has 9 aromatic rings. The van der Waals surface area contributed by atoms with Gasteiger partial charge in [-0.3, -0.25) is 0 Å². The van der Waals surface area contributed by atoms with Gasteiger partial charge in [-0.05, 0) is 82.4 Å². The van der Waals surface area contributed by atoms with E-state index < -0.39 is 0 Å². The predicted octanol–water partition coefficient (Wildman–Crippen LogP) is 12.6. The first-order valence-corrected chi connectivity index (χ1v) is 16.2. The van der Waals surface area contributed by atoms with E-state index in [9.17, 15) is 0 Å². The first kappa shape index (κ1) is 27.8. The molecule has 2 heterocycles. The van der Waals surface area contributed by atoms with Crippen molar-refractivity contribution in [2.45, 2.75) is 0 Å². The molecular formula is C45H30N2O. The number of nitrogens with zero attached hydrogens (tertiary/aromatic N) is 2. The minimum Gasteiger partial charge on any atom is -0.454 e. The zero-order valence-corrected chi connectivity index (χ0v) is 26.1. The van der Waals surface area contributed by atoms with Crippen LogP contribution in [0.25, 0.3) is 66.4 Å². The number of fused-ring (bicyclic) bond motifs is 4. The average Bonchev–Trinajstić information content (AvgIpc) is 3.54. The van der Waals surface area contributed by atoms with Crippen molar-refractivity contribution < 1.29 is 4.42 Å². The van der Waals surface area contributed by atoms with Crippen LogP contribution in [0.4, 0.5) is 17.1 Å². The van der Waals surface area contributed by atoms with Gasteiger partial charge in [-0.1, -0.05) is 127 Å². The van der Waals surface area contributed by atoms with Gasteiger partial charge in [0.1, 0.15) is 11.1 Å². The second-order valence-electron chi connectivity index (χ2n) is 12.0. The van der Waals surface area contributed by atoms with E-state index in [1.807, 2.05) is 24.3 Å². The summed E-state index contributed by atoms with van der Waals surface area (Å²) in [5.74, 6) is 0. The first-order chi connectivity index (χ1) is 23.8. The van der Waals surface area contributed by atoms with Crippen LogP contribution in [0.3, 0.4) is 0 Å². The van der Waals surface area contributed by atoms with Crippen molar-refractivity contribution in [3.05, 3.63) is 182 Å². The molecule has 0 spiro atoms. The predicted molar refractivity (Wildman–Crippen MR) is 200 cm³/mol. The lowest BCUT2D eigenvalue weighted by Gasteiger charge is -2.26. The molecule has 0 aliphatic carbocycles. The molecule has 0 amide bonds. The zero-order chi connectivity index (χ0) is 31.9. The first-order valence-electron chi connectivity index (χ1n) is 16.2. The number of benzene rings is 7. The fraction of sp³-hybridized carbons (Fsp3) is 0. The Morgan fingerprint density at radius 1 is 0.375 bits per heavy atom. The van der Waals surface area contributed by atoms with Crippen LogP contribution in [0.15, 0.2) is 186 Å². The lowest BCUT2D eigenvalue weighted by Crippen LogP contribution is -2.09. The smallest absolute Gasteiger partial charge is 0.162 e. The van der Waals surface area contributed by atoms with E-state index in [2.05, 4.69) is 163 Å². The molecule has 0 aliphatic rings. The summed E-state index contributed by atoms with van der Waals surface area (Å²) in [7, 11) is 0. The minimum absolute atomic E-state index is 0.813. The summed E-state index contributed by atoms with van der Waals surface area (Å²) in [6, 6.07) is 63.9. The van der Waals surface area contributed by atoms with Crippen LogP contribution >= 0.6 is 0 Å². The number of rotatable bonds is 6. The summed E-state index contributed by atoms with van der Waals surface area (Å²) in [6.45, 7) is 0. The van der Waals surface area contributed by atoms with Gasteiger partial charge in [0.15, 0.2) is 5.58 Å². The lowest BCUT2D eigenvalue weighted by atomic mass is 9.98. The largest absolute Gasteiger partial charge is 0.454 e. The normalized spacial score (nSPS) is 11.3. The fourth-order valence-corrected chi connectivity index (χ4v) is 6.72. The van der Waals surface area contributed by atoms with E-state index in [0.29, 0.717) is 0 Å². The molecule has 226 valence electrons. The SMILES string of the molecule is c1ccc(-c2ccc(N(c3ccc(-c4ccccc4)cc3)c3ccc(-c4c5ccccc5nc5c4oc4ccccc45)cc3)cc2)cc1. The number of para-hydroxylation sites is 2. The standard InChI is InChI=1S/C45H30N2O/c1-3-11-31(12-4-1)33-19-25-36(26-20-33)47(37-27-21-34(22-28-37)32-13-5-2-6-14-32)38-29-23-35(24-30-38)43-39-15-7-9-17-41(39)46-44-40-16-8-10-18-42(40)48-45(43)44/h1-30H. The maximum absolute atomic E-state index is 6.48. The average molecular weight is 615 g/mol. The van der Waals surface area contributed by atoms with Crippen LogP contribution in [0.2, 0.25) is 0 Å². The summed E-state index contributed by atoms with van der Waals surface area (Å²) in [5, 5.41) is 2.10. The molecule has 2 aromatic heterocycles. The molecule has 7 aromatic carbocycles. The molecule has 3 nitrogen and oxygen atoms in total. The molecule has 0 N–H and O–H groups in total. The Labute approximate surface area is 279 Å². The van der Waals surface area contributed by atoms with E-state index in [-0.39, 0.29) is 0 Å². The van der Waals surface area contributed by atoms with Crippen molar-refractivity contribution in [3.8, 4) is 33.4 Å². The van der Waals surface area contributed by atoms with Gasteiger partial charge in [-0.2, -0.15) is 0 Å². The third-order valence-corrected chi connectivity index (χ3v) is 9.08. The third kappa shape index (κ3) is 4.90. The number of aromatic nitrogens is 1. The highest BCUT2D eigenvalue weighted by Crippen LogP contribution is 2.42. The van der Waals surface area contributed by atoms with Crippen LogP contribution in [-0.4, -0.2) is 4.98 Å². The lowest BCUT2D eigenvalue weighted by molar-refractivity contribution is 0.670. The highest BCUT2D eigenvalue weighted by atomic mass is 16.3. The zero-order valence-electron chi connectivity index (χ0n) is 26.1. The Hall–Kier alpha value is -6.45. The minimum atomic E-state index is 0.813. The molecule has 0 saturated carbocycles. The molecular weight excluding hydrogens is 585 g/mol. The second kappa shape index (κ2) is 11.7. The van der Waals surface area contributed by atoms with Crippen molar-refractivity contribution in [3.63, 3.8) is 0 Å².